The quantitative estimate of drug-likeness (QED) is 0.580. The minimum atomic E-state index is -1.17. The molecule has 7 nitrogen and oxygen atoms in total. The fourth-order valence-corrected chi connectivity index (χ4v) is 2.70. The number of primary amides is 1. The van der Waals surface area contributed by atoms with Crippen molar-refractivity contribution in [1.29, 1.82) is 0 Å². The van der Waals surface area contributed by atoms with Gasteiger partial charge in [0.1, 0.15) is 6.04 Å². The number of carboxylic acid groups (broad SMARTS) is 1. The maximum Gasteiger partial charge on any atom is 0.326 e. The molecule has 21 heavy (non-hydrogen) atoms. The van der Waals surface area contributed by atoms with Crippen LogP contribution >= 0.6 is 0 Å². The first kappa shape index (κ1) is 17.3. The first-order chi connectivity index (χ1) is 9.81. The van der Waals surface area contributed by atoms with Crippen molar-refractivity contribution >= 4 is 17.9 Å². The molecule has 0 spiro atoms. The first-order valence-corrected chi connectivity index (χ1v) is 7.39. The maximum atomic E-state index is 11.9. The number of urea groups is 1. The second-order valence-corrected chi connectivity index (χ2v) is 5.89. The van der Waals surface area contributed by atoms with Gasteiger partial charge in [-0.2, -0.15) is 0 Å². The number of hydrogen-bond acceptors (Lipinski definition) is 3. The fraction of sp³-hybridized carbons (Fsp3) is 0.786. The summed E-state index contributed by atoms with van der Waals surface area (Å²) >= 11 is 0. The molecule has 1 rings (SSSR count). The Hall–Kier alpha value is -1.79. The Morgan fingerprint density at radius 2 is 1.95 bits per heavy atom. The molecule has 0 radical (unpaired) electrons. The van der Waals surface area contributed by atoms with Crippen LogP contribution in [0.25, 0.3) is 0 Å². The Morgan fingerprint density at radius 1 is 1.29 bits per heavy atom. The third-order valence-corrected chi connectivity index (χ3v) is 4.31. The van der Waals surface area contributed by atoms with E-state index in [1.807, 2.05) is 0 Å². The minimum Gasteiger partial charge on any atom is -0.480 e. The highest BCUT2D eigenvalue weighted by atomic mass is 16.4. The van der Waals surface area contributed by atoms with Crippen molar-refractivity contribution in [2.24, 2.45) is 17.6 Å². The molecule has 0 aromatic rings. The molecule has 0 saturated heterocycles. The van der Waals surface area contributed by atoms with E-state index < -0.39 is 23.9 Å². The lowest BCUT2D eigenvalue weighted by molar-refractivity contribution is -0.139. The van der Waals surface area contributed by atoms with E-state index in [1.165, 1.54) is 0 Å². The summed E-state index contributed by atoms with van der Waals surface area (Å²) in [5.41, 5.74) is 4.99. The van der Waals surface area contributed by atoms with Gasteiger partial charge in [-0.3, -0.25) is 4.79 Å². The number of carboxylic acids is 1. The van der Waals surface area contributed by atoms with Crippen molar-refractivity contribution in [3.8, 4) is 0 Å². The number of aliphatic carboxylic acids is 1. The normalized spacial score (nSPS) is 26.7. The van der Waals surface area contributed by atoms with Crippen molar-refractivity contribution in [3.05, 3.63) is 0 Å². The molecule has 3 amide bonds. The highest BCUT2D eigenvalue weighted by Crippen LogP contribution is 2.29. The van der Waals surface area contributed by atoms with Gasteiger partial charge in [0, 0.05) is 12.5 Å². The molecule has 1 saturated carbocycles. The molecular weight excluding hydrogens is 274 g/mol. The van der Waals surface area contributed by atoms with Crippen LogP contribution < -0.4 is 16.4 Å². The predicted molar refractivity (Wildman–Crippen MR) is 77.5 cm³/mol. The van der Waals surface area contributed by atoms with Gasteiger partial charge in [0.2, 0.25) is 5.91 Å². The largest absolute Gasteiger partial charge is 0.480 e. The first-order valence-electron chi connectivity index (χ1n) is 7.39. The third kappa shape index (κ3) is 5.61. The summed E-state index contributed by atoms with van der Waals surface area (Å²) in [5.74, 6) is -0.859. The van der Waals surface area contributed by atoms with Gasteiger partial charge in [-0.1, -0.05) is 26.7 Å². The van der Waals surface area contributed by atoms with Gasteiger partial charge in [0.25, 0.3) is 0 Å². The Morgan fingerprint density at radius 3 is 2.52 bits per heavy atom. The molecule has 1 aliphatic rings. The summed E-state index contributed by atoms with van der Waals surface area (Å²) in [5, 5.41) is 14.3. The van der Waals surface area contributed by atoms with Crippen LogP contribution in [0.1, 0.15) is 46.0 Å². The van der Waals surface area contributed by atoms with Gasteiger partial charge in [-0.15, -0.1) is 0 Å². The molecule has 0 aliphatic heterocycles. The molecular formula is C14H25N3O4. The summed E-state index contributed by atoms with van der Waals surface area (Å²) in [6.07, 6.45) is 3.03. The van der Waals surface area contributed by atoms with Crippen molar-refractivity contribution in [3.63, 3.8) is 0 Å². The molecule has 1 fully saturated rings. The van der Waals surface area contributed by atoms with E-state index in [0.29, 0.717) is 11.8 Å². The second kappa shape index (κ2) is 7.85. The number of carbonyl (C=O) groups excluding carboxylic acids is 2. The molecule has 4 atom stereocenters. The smallest absolute Gasteiger partial charge is 0.326 e. The predicted octanol–water partition coefficient (Wildman–Crippen LogP) is 0.829. The van der Waals surface area contributed by atoms with Crippen LogP contribution in [0.15, 0.2) is 0 Å². The number of nitrogens with two attached hydrogens (primary N) is 1. The number of carbonyl (C=O) groups is 3. The molecule has 1 aliphatic carbocycles. The average Bonchev–Trinajstić information content (AvgIpc) is 2.39. The van der Waals surface area contributed by atoms with Crippen LogP contribution in [0.2, 0.25) is 0 Å². The summed E-state index contributed by atoms with van der Waals surface area (Å²) in [4.78, 5) is 33.7. The fourth-order valence-electron chi connectivity index (χ4n) is 2.70. The Bertz CT molecular complexity index is 400. The number of amides is 3. The average molecular weight is 299 g/mol. The van der Waals surface area contributed by atoms with E-state index in [9.17, 15) is 14.4 Å². The van der Waals surface area contributed by atoms with Crippen LogP contribution in [0.3, 0.4) is 0 Å². The summed E-state index contributed by atoms with van der Waals surface area (Å²) in [6.45, 7) is 4.25. The summed E-state index contributed by atoms with van der Waals surface area (Å²) in [7, 11) is 0. The van der Waals surface area contributed by atoms with E-state index in [4.69, 9.17) is 10.8 Å². The number of rotatable bonds is 6. The van der Waals surface area contributed by atoms with Crippen molar-refractivity contribution in [2.45, 2.75) is 58.0 Å². The zero-order chi connectivity index (χ0) is 16.0. The van der Waals surface area contributed by atoms with Crippen LogP contribution in [-0.4, -0.2) is 35.1 Å². The third-order valence-electron chi connectivity index (χ3n) is 4.31. The van der Waals surface area contributed by atoms with E-state index >= 15 is 0 Å². The molecule has 0 aromatic carbocycles. The van der Waals surface area contributed by atoms with Gasteiger partial charge in [0.15, 0.2) is 0 Å². The summed E-state index contributed by atoms with van der Waals surface area (Å²) in [6, 6.07) is -1.55. The lowest BCUT2D eigenvalue weighted by Crippen LogP contribution is -2.52. The van der Waals surface area contributed by atoms with Gasteiger partial charge in [-0.05, 0) is 24.7 Å². The van der Waals surface area contributed by atoms with E-state index in [1.54, 1.807) is 0 Å². The Labute approximate surface area is 124 Å². The van der Waals surface area contributed by atoms with Crippen LogP contribution in [0.4, 0.5) is 4.79 Å². The van der Waals surface area contributed by atoms with Crippen molar-refractivity contribution < 1.29 is 19.5 Å². The minimum absolute atomic E-state index is 0.00525. The topological polar surface area (TPSA) is 122 Å². The molecule has 0 heterocycles. The second-order valence-electron chi connectivity index (χ2n) is 5.89. The van der Waals surface area contributed by atoms with Crippen LogP contribution in [-0.2, 0) is 9.59 Å². The molecule has 120 valence electrons. The lowest BCUT2D eigenvalue weighted by atomic mass is 9.78. The lowest BCUT2D eigenvalue weighted by Gasteiger charge is -2.34. The SMILES string of the molecule is CC1CCCC(NC(=O)N[C@H](CCC(N)=O)C(=O)O)C1C. The Kier molecular flexibility index (Phi) is 6.45. The molecule has 0 aromatic heterocycles. The van der Waals surface area contributed by atoms with Crippen LogP contribution in [0.5, 0.6) is 0 Å². The maximum absolute atomic E-state index is 11.9. The zero-order valence-corrected chi connectivity index (χ0v) is 12.6. The molecule has 0 bridgehead atoms. The van der Waals surface area contributed by atoms with Gasteiger partial charge < -0.3 is 21.5 Å². The van der Waals surface area contributed by atoms with Crippen LogP contribution in [0, 0.1) is 11.8 Å². The number of hydrogen-bond donors (Lipinski definition) is 4. The molecule has 3 unspecified atom stereocenters. The van der Waals surface area contributed by atoms with Gasteiger partial charge in [-0.25, -0.2) is 9.59 Å². The Balaban J connectivity index is 2.49. The molecule has 7 heteroatoms. The van der Waals surface area contributed by atoms with Gasteiger partial charge in [0.05, 0.1) is 0 Å². The number of nitrogens with one attached hydrogen (secondary N) is 2. The standard InChI is InChI=1S/C14H25N3O4/c1-8-4-3-5-10(9(8)2)16-14(21)17-11(13(19)20)6-7-12(15)18/h8-11H,3-7H2,1-2H3,(H2,15,18)(H,19,20)(H2,16,17,21)/t8?,9?,10?,11-/m1/s1. The van der Waals surface area contributed by atoms with Gasteiger partial charge >= 0.3 is 12.0 Å². The summed E-state index contributed by atoms with van der Waals surface area (Å²) < 4.78 is 0. The van der Waals surface area contributed by atoms with Crippen molar-refractivity contribution in [1.82, 2.24) is 10.6 Å². The highest BCUT2D eigenvalue weighted by Gasteiger charge is 2.29. The van der Waals surface area contributed by atoms with E-state index in [-0.39, 0.29) is 18.9 Å². The van der Waals surface area contributed by atoms with E-state index in [0.717, 1.165) is 19.3 Å². The van der Waals surface area contributed by atoms with Crippen molar-refractivity contribution in [2.75, 3.05) is 0 Å². The van der Waals surface area contributed by atoms with E-state index in [2.05, 4.69) is 24.5 Å². The molecule has 5 N–H and O–H groups in total. The zero-order valence-electron chi connectivity index (χ0n) is 12.6. The monoisotopic (exact) mass is 299 g/mol. The highest BCUT2D eigenvalue weighted by molar-refractivity contribution is 5.83.